The van der Waals surface area contributed by atoms with Gasteiger partial charge in [0.15, 0.2) is 0 Å². The van der Waals surface area contributed by atoms with Gasteiger partial charge in [0.25, 0.3) is 5.91 Å². The van der Waals surface area contributed by atoms with Gasteiger partial charge in [-0.15, -0.1) is 0 Å². The first-order chi connectivity index (χ1) is 10.1. The number of pyridine rings is 1. The molecule has 0 unspecified atom stereocenters. The van der Waals surface area contributed by atoms with Crippen LogP contribution >= 0.6 is 0 Å². The number of amides is 1. The molecule has 0 bridgehead atoms. The largest absolute Gasteiger partial charge is 0.388 e. The standard InChI is InChI=1S/C13H19N3O5S/c1-9-3-4-10(5-14-9)12(18)16-6-11(17)13(19,8-16)7-15-22(2,20)21/h3-5,11,15,17,19H,6-8H2,1-2H3/t11-,13+/m1/s1. The molecule has 9 heteroatoms. The maximum absolute atomic E-state index is 12.3. The number of β-amino-alcohol motifs (C(OH)–C–C–N with tert-alkyl or cyclic N) is 2. The van der Waals surface area contributed by atoms with Crippen LogP contribution in [0.15, 0.2) is 18.3 Å². The van der Waals surface area contributed by atoms with Crippen LogP contribution in [0.5, 0.6) is 0 Å². The average Bonchev–Trinajstić information content (AvgIpc) is 2.73. The van der Waals surface area contributed by atoms with Crippen molar-refractivity contribution in [3.05, 3.63) is 29.6 Å². The van der Waals surface area contributed by atoms with Crippen molar-refractivity contribution in [1.82, 2.24) is 14.6 Å². The normalized spacial score (nSPS) is 25.5. The highest BCUT2D eigenvalue weighted by Crippen LogP contribution is 2.23. The Balaban J connectivity index is 2.09. The number of carbonyl (C=O) groups excluding carboxylic acids is 1. The Hall–Kier alpha value is -1.55. The van der Waals surface area contributed by atoms with Gasteiger partial charge in [-0.1, -0.05) is 0 Å². The van der Waals surface area contributed by atoms with E-state index in [1.54, 1.807) is 19.1 Å². The van der Waals surface area contributed by atoms with E-state index >= 15 is 0 Å². The Bertz CT molecular complexity index is 661. The highest BCUT2D eigenvalue weighted by molar-refractivity contribution is 7.88. The predicted molar refractivity (Wildman–Crippen MR) is 78.7 cm³/mol. The molecule has 122 valence electrons. The molecular weight excluding hydrogens is 310 g/mol. The lowest BCUT2D eigenvalue weighted by Crippen LogP contribution is -2.51. The molecule has 8 nitrogen and oxygen atoms in total. The van der Waals surface area contributed by atoms with E-state index in [4.69, 9.17) is 0 Å². The average molecular weight is 329 g/mol. The van der Waals surface area contributed by atoms with E-state index in [1.807, 2.05) is 0 Å². The highest BCUT2D eigenvalue weighted by atomic mass is 32.2. The molecule has 0 spiro atoms. The molecule has 1 fully saturated rings. The van der Waals surface area contributed by atoms with Crippen LogP contribution in [-0.4, -0.2) is 72.0 Å². The van der Waals surface area contributed by atoms with Crippen LogP contribution in [0.1, 0.15) is 16.1 Å². The van der Waals surface area contributed by atoms with E-state index in [0.29, 0.717) is 5.56 Å². The first kappa shape index (κ1) is 16.8. The van der Waals surface area contributed by atoms with Crippen molar-refractivity contribution < 1.29 is 23.4 Å². The molecule has 1 aliphatic rings. The number of hydrogen-bond acceptors (Lipinski definition) is 6. The number of rotatable bonds is 4. The van der Waals surface area contributed by atoms with Gasteiger partial charge in [-0.2, -0.15) is 0 Å². The number of likely N-dealkylation sites (tertiary alicyclic amines) is 1. The monoisotopic (exact) mass is 329 g/mol. The lowest BCUT2D eigenvalue weighted by atomic mass is 10.0. The fourth-order valence-electron chi connectivity index (χ4n) is 2.24. The van der Waals surface area contributed by atoms with Crippen molar-refractivity contribution in [2.24, 2.45) is 0 Å². The molecule has 3 N–H and O–H groups in total. The van der Waals surface area contributed by atoms with E-state index in [1.165, 1.54) is 11.1 Å². The zero-order chi connectivity index (χ0) is 16.5. The summed E-state index contributed by atoms with van der Waals surface area (Å²) in [6.07, 6.45) is 1.15. The number of nitrogens with one attached hydrogen (secondary N) is 1. The van der Waals surface area contributed by atoms with Crippen molar-refractivity contribution >= 4 is 15.9 Å². The third-order valence-corrected chi connectivity index (χ3v) is 4.23. The third kappa shape index (κ3) is 3.80. The quantitative estimate of drug-likeness (QED) is 0.617. The topological polar surface area (TPSA) is 120 Å². The molecule has 1 aliphatic heterocycles. The van der Waals surface area contributed by atoms with E-state index in [9.17, 15) is 23.4 Å². The number of hydrogen-bond donors (Lipinski definition) is 3. The lowest BCUT2D eigenvalue weighted by Gasteiger charge is -2.25. The Morgan fingerprint density at radius 3 is 2.77 bits per heavy atom. The molecule has 1 saturated heterocycles. The van der Waals surface area contributed by atoms with Gasteiger partial charge in [-0.05, 0) is 19.1 Å². The van der Waals surface area contributed by atoms with E-state index in [2.05, 4.69) is 9.71 Å². The van der Waals surface area contributed by atoms with E-state index < -0.39 is 21.7 Å². The van der Waals surface area contributed by atoms with Crippen LogP contribution in [-0.2, 0) is 10.0 Å². The van der Waals surface area contributed by atoms with Gasteiger partial charge in [0.2, 0.25) is 10.0 Å². The zero-order valence-electron chi connectivity index (χ0n) is 12.4. The third-order valence-electron chi connectivity index (χ3n) is 3.56. The molecule has 0 aromatic carbocycles. The van der Waals surface area contributed by atoms with E-state index in [-0.39, 0.29) is 25.5 Å². The fourth-order valence-corrected chi connectivity index (χ4v) is 2.75. The van der Waals surface area contributed by atoms with Crippen molar-refractivity contribution in [2.75, 3.05) is 25.9 Å². The molecule has 1 aromatic rings. The number of sulfonamides is 1. The van der Waals surface area contributed by atoms with E-state index in [0.717, 1.165) is 11.9 Å². The van der Waals surface area contributed by atoms with Crippen molar-refractivity contribution in [3.63, 3.8) is 0 Å². The molecule has 22 heavy (non-hydrogen) atoms. The fraction of sp³-hybridized carbons (Fsp3) is 0.538. The molecule has 1 amide bonds. The van der Waals surface area contributed by atoms with Crippen molar-refractivity contribution in [2.45, 2.75) is 18.6 Å². The van der Waals surface area contributed by atoms with Gasteiger partial charge < -0.3 is 15.1 Å². The summed E-state index contributed by atoms with van der Waals surface area (Å²) in [5, 5.41) is 20.3. The number of aromatic nitrogens is 1. The molecule has 2 rings (SSSR count). The first-order valence-corrected chi connectivity index (χ1v) is 8.57. The van der Waals surface area contributed by atoms with Crippen LogP contribution in [0.2, 0.25) is 0 Å². The second-order valence-electron chi connectivity index (χ2n) is 5.59. The van der Waals surface area contributed by atoms with Crippen LogP contribution in [0.4, 0.5) is 0 Å². The Labute approximate surface area is 128 Å². The number of aliphatic hydroxyl groups excluding tert-OH is 1. The zero-order valence-corrected chi connectivity index (χ0v) is 13.2. The van der Waals surface area contributed by atoms with Gasteiger partial charge in [0.05, 0.1) is 18.4 Å². The summed E-state index contributed by atoms with van der Waals surface area (Å²) < 4.78 is 24.4. The Morgan fingerprint density at radius 2 is 2.23 bits per heavy atom. The number of aliphatic hydroxyl groups is 2. The molecule has 2 heterocycles. The van der Waals surface area contributed by atoms with Crippen LogP contribution in [0.3, 0.4) is 0 Å². The summed E-state index contributed by atoms with van der Waals surface area (Å²) in [6.45, 7) is 1.20. The molecular formula is C13H19N3O5S. The van der Waals surface area contributed by atoms with Crippen LogP contribution < -0.4 is 4.72 Å². The summed E-state index contributed by atoms with van der Waals surface area (Å²) in [5.41, 5.74) is -0.596. The summed E-state index contributed by atoms with van der Waals surface area (Å²) in [6, 6.07) is 3.31. The minimum atomic E-state index is -3.50. The maximum atomic E-state index is 12.3. The Morgan fingerprint density at radius 1 is 1.55 bits per heavy atom. The highest BCUT2D eigenvalue weighted by Gasteiger charge is 2.46. The van der Waals surface area contributed by atoms with Crippen LogP contribution in [0.25, 0.3) is 0 Å². The van der Waals surface area contributed by atoms with Gasteiger partial charge in [-0.3, -0.25) is 9.78 Å². The summed E-state index contributed by atoms with van der Waals surface area (Å²) in [4.78, 5) is 17.6. The molecule has 0 radical (unpaired) electrons. The predicted octanol–water partition coefficient (Wildman–Crippen LogP) is -1.51. The number of carbonyl (C=O) groups is 1. The van der Waals surface area contributed by atoms with Gasteiger partial charge in [-0.25, -0.2) is 13.1 Å². The maximum Gasteiger partial charge on any atom is 0.255 e. The second kappa shape index (κ2) is 5.92. The second-order valence-corrected chi connectivity index (χ2v) is 7.42. The van der Waals surface area contributed by atoms with Gasteiger partial charge in [0, 0.05) is 25.0 Å². The minimum Gasteiger partial charge on any atom is -0.388 e. The van der Waals surface area contributed by atoms with Gasteiger partial charge in [0.1, 0.15) is 11.7 Å². The van der Waals surface area contributed by atoms with Crippen LogP contribution in [0, 0.1) is 6.92 Å². The van der Waals surface area contributed by atoms with Crippen molar-refractivity contribution in [1.29, 1.82) is 0 Å². The summed E-state index contributed by atoms with van der Waals surface area (Å²) in [7, 11) is -3.50. The number of nitrogens with zero attached hydrogens (tertiary/aromatic N) is 2. The lowest BCUT2D eigenvalue weighted by molar-refractivity contribution is -0.0352. The molecule has 0 aliphatic carbocycles. The number of aryl methyl sites for hydroxylation is 1. The summed E-state index contributed by atoms with van der Waals surface area (Å²) in [5.74, 6) is -0.373. The molecule has 1 aromatic heterocycles. The van der Waals surface area contributed by atoms with Gasteiger partial charge >= 0.3 is 0 Å². The first-order valence-electron chi connectivity index (χ1n) is 6.68. The Kier molecular flexibility index (Phi) is 4.52. The van der Waals surface area contributed by atoms with Crippen molar-refractivity contribution in [3.8, 4) is 0 Å². The smallest absolute Gasteiger partial charge is 0.255 e. The SMILES string of the molecule is Cc1ccc(C(=O)N2C[C@@H](O)[C@](O)(CNS(C)(=O)=O)C2)cn1. The molecule has 0 saturated carbocycles. The minimum absolute atomic E-state index is 0.0748. The molecule has 2 atom stereocenters. The summed E-state index contributed by atoms with van der Waals surface area (Å²) >= 11 is 0.